The van der Waals surface area contributed by atoms with E-state index < -0.39 is 29.1 Å². The summed E-state index contributed by atoms with van der Waals surface area (Å²) < 4.78 is 56.1. The molecule has 0 saturated heterocycles. The molecule has 11 heteroatoms. The van der Waals surface area contributed by atoms with E-state index >= 15 is 0 Å². The third kappa shape index (κ3) is 5.20. The van der Waals surface area contributed by atoms with E-state index in [-0.39, 0.29) is 11.5 Å². The molecule has 0 fully saturated rings. The minimum Gasteiger partial charge on any atom is -0.759 e. The molecule has 2 aliphatic rings. The molecule has 2 aliphatic heterocycles. The van der Waals surface area contributed by atoms with E-state index in [2.05, 4.69) is 21.8 Å². The summed E-state index contributed by atoms with van der Waals surface area (Å²) in [6.45, 7) is 0. The highest BCUT2D eigenvalue weighted by Crippen LogP contribution is 2.38. The van der Waals surface area contributed by atoms with Gasteiger partial charge in [0.15, 0.2) is 17.7 Å². The SMILES string of the molecule is COc1ccc(Oc2cc(C(F)(F)F)ncc2C(=O)N[O-])c(OC)c1.c1cc2c[n+]-2c1. The molecule has 2 aromatic rings. The first kappa shape index (κ1) is 21.8. The number of rotatable bonds is 5. The molecule has 1 aromatic heterocycles. The molecule has 8 nitrogen and oxygen atoms in total. The lowest BCUT2D eigenvalue weighted by atomic mass is 10.2. The van der Waals surface area contributed by atoms with E-state index in [9.17, 15) is 23.2 Å². The van der Waals surface area contributed by atoms with Gasteiger partial charge in [-0.1, -0.05) is 0 Å². The molecular formula is C20H16F3N3O5. The summed E-state index contributed by atoms with van der Waals surface area (Å²) in [5.41, 5.74) is 0.676. The number of pyridine rings is 2. The first-order valence-electron chi connectivity index (χ1n) is 8.68. The first-order chi connectivity index (χ1) is 14.8. The Hall–Kier alpha value is -3.86. The van der Waals surface area contributed by atoms with E-state index in [1.165, 1.54) is 38.1 Å². The predicted molar refractivity (Wildman–Crippen MR) is 101 cm³/mol. The fourth-order valence-electron chi connectivity index (χ4n) is 2.49. The number of aromatic nitrogens is 2. The average molecular weight is 435 g/mol. The van der Waals surface area contributed by atoms with Crippen molar-refractivity contribution in [2.75, 3.05) is 14.2 Å². The van der Waals surface area contributed by atoms with Crippen LogP contribution in [-0.2, 0) is 6.18 Å². The highest BCUT2D eigenvalue weighted by Gasteiger charge is 2.34. The fraction of sp³-hybridized carbons (Fsp3) is 0.150. The Morgan fingerprint density at radius 3 is 2.35 bits per heavy atom. The summed E-state index contributed by atoms with van der Waals surface area (Å²) in [5.74, 6) is -1.10. The van der Waals surface area contributed by atoms with E-state index in [0.29, 0.717) is 18.0 Å². The van der Waals surface area contributed by atoms with Crippen molar-refractivity contribution in [2.45, 2.75) is 6.18 Å². The van der Waals surface area contributed by atoms with Crippen molar-refractivity contribution in [1.29, 1.82) is 0 Å². The number of fused-ring (bicyclic) bond motifs is 1. The van der Waals surface area contributed by atoms with Crippen molar-refractivity contribution >= 4 is 5.91 Å². The molecule has 0 bridgehead atoms. The van der Waals surface area contributed by atoms with Crippen molar-refractivity contribution < 1.29 is 36.7 Å². The number of methoxy groups -OCH3 is 2. The van der Waals surface area contributed by atoms with Gasteiger partial charge in [0, 0.05) is 30.5 Å². The van der Waals surface area contributed by atoms with Crippen LogP contribution in [0.3, 0.4) is 0 Å². The Balaban J connectivity index is 0.000000381. The van der Waals surface area contributed by atoms with Crippen LogP contribution in [0.4, 0.5) is 13.2 Å². The third-order valence-electron chi connectivity index (χ3n) is 4.10. The highest BCUT2D eigenvalue weighted by molar-refractivity contribution is 5.97. The second-order valence-electron chi connectivity index (χ2n) is 6.08. The molecule has 0 atom stereocenters. The van der Waals surface area contributed by atoms with E-state index in [4.69, 9.17) is 14.2 Å². The second kappa shape index (κ2) is 8.88. The van der Waals surface area contributed by atoms with Crippen molar-refractivity contribution in [3.8, 4) is 28.7 Å². The third-order valence-corrected chi connectivity index (χ3v) is 4.10. The quantitative estimate of drug-likeness (QED) is 0.381. The topological polar surface area (TPSA) is 96.6 Å². The monoisotopic (exact) mass is 435 g/mol. The van der Waals surface area contributed by atoms with Crippen molar-refractivity contribution in [2.24, 2.45) is 0 Å². The van der Waals surface area contributed by atoms with Crippen LogP contribution in [0.15, 0.2) is 55.0 Å². The van der Waals surface area contributed by atoms with E-state index in [0.717, 1.165) is 5.48 Å². The normalized spacial score (nSPS) is 11.0. The second-order valence-corrected chi connectivity index (χ2v) is 6.08. The molecule has 0 unspecified atom stereocenters. The van der Waals surface area contributed by atoms with Crippen LogP contribution in [0.25, 0.3) is 5.69 Å². The molecule has 31 heavy (non-hydrogen) atoms. The van der Waals surface area contributed by atoms with Gasteiger partial charge in [0.1, 0.15) is 17.2 Å². The van der Waals surface area contributed by atoms with Crippen LogP contribution in [0, 0.1) is 5.21 Å². The van der Waals surface area contributed by atoms with Crippen LogP contribution >= 0.6 is 0 Å². The standard InChI is InChI=1S/C15H12F3N2O5.C5H4N/c1-23-8-3-4-10(12(5-8)24-2)25-11-6-13(15(16,17)18)19-7-9(11)14(21)20-22;1-2-5-4-6(5)3-1/h3-7H,1-2H3,(H-,20,21,22);1-4H/q-1;+1. The van der Waals surface area contributed by atoms with Gasteiger partial charge >= 0.3 is 6.18 Å². The molecule has 162 valence electrons. The highest BCUT2D eigenvalue weighted by atomic mass is 19.4. The molecule has 3 heterocycles. The maximum atomic E-state index is 12.8. The molecule has 1 amide bonds. The lowest BCUT2D eigenvalue weighted by molar-refractivity contribution is -0.518. The van der Waals surface area contributed by atoms with Gasteiger partial charge in [0.2, 0.25) is 12.1 Å². The van der Waals surface area contributed by atoms with Crippen molar-refractivity contribution in [3.63, 3.8) is 0 Å². The van der Waals surface area contributed by atoms with Crippen LogP contribution in [0.1, 0.15) is 16.1 Å². The maximum Gasteiger partial charge on any atom is 0.433 e. The number of carbonyl (C=O) groups is 1. The summed E-state index contributed by atoms with van der Waals surface area (Å²) in [5, 5.41) is 10.6. The summed E-state index contributed by atoms with van der Waals surface area (Å²) in [4.78, 5) is 14.7. The van der Waals surface area contributed by atoms with Crippen LogP contribution < -0.4 is 24.3 Å². The van der Waals surface area contributed by atoms with Crippen molar-refractivity contribution in [1.82, 2.24) is 10.5 Å². The van der Waals surface area contributed by atoms with Gasteiger partial charge in [-0.15, -0.1) is 0 Å². The Morgan fingerprint density at radius 2 is 1.87 bits per heavy atom. The zero-order valence-electron chi connectivity index (χ0n) is 16.3. The minimum absolute atomic E-state index is 0.0163. The molecular weight excluding hydrogens is 419 g/mol. The number of hydrogen-bond donors (Lipinski definition) is 1. The van der Waals surface area contributed by atoms with Gasteiger partial charge in [0.05, 0.1) is 19.8 Å². The minimum atomic E-state index is -4.76. The molecule has 0 saturated carbocycles. The number of nitrogens with one attached hydrogen (secondary N) is 1. The number of hydrogen-bond acceptors (Lipinski definition) is 6. The maximum absolute atomic E-state index is 12.8. The summed E-state index contributed by atoms with van der Waals surface area (Å²) in [6, 6.07) is 8.94. The van der Waals surface area contributed by atoms with Gasteiger partial charge in [0.25, 0.3) is 5.69 Å². The number of alkyl halides is 3. The molecule has 0 aliphatic carbocycles. The first-order valence-corrected chi connectivity index (χ1v) is 8.68. The predicted octanol–water partition coefficient (Wildman–Crippen LogP) is 3.41. The Kier molecular flexibility index (Phi) is 6.25. The average Bonchev–Trinajstić information content (AvgIpc) is 3.37. The molecule has 1 aromatic carbocycles. The Labute approximate surface area is 174 Å². The van der Waals surface area contributed by atoms with E-state index in [1.54, 1.807) is 0 Å². The molecule has 0 radical (unpaired) electrons. The van der Waals surface area contributed by atoms with Gasteiger partial charge in [-0.2, -0.15) is 17.7 Å². The van der Waals surface area contributed by atoms with Crippen LogP contribution in [-0.4, -0.2) is 25.1 Å². The van der Waals surface area contributed by atoms with Gasteiger partial charge in [-0.05, 0) is 12.1 Å². The number of hydroxylamine groups is 1. The zero-order valence-corrected chi connectivity index (χ0v) is 16.3. The molecule has 4 rings (SSSR count). The van der Waals surface area contributed by atoms with E-state index in [1.807, 2.05) is 12.3 Å². The summed E-state index contributed by atoms with van der Waals surface area (Å²) >= 11 is 0. The van der Waals surface area contributed by atoms with Crippen molar-refractivity contribution in [3.05, 3.63) is 71.5 Å². The van der Waals surface area contributed by atoms with Crippen LogP contribution in [0.2, 0.25) is 0 Å². The van der Waals surface area contributed by atoms with Gasteiger partial charge < -0.3 is 24.9 Å². The summed E-state index contributed by atoms with van der Waals surface area (Å²) in [7, 11) is 2.74. The van der Waals surface area contributed by atoms with Gasteiger partial charge in [-0.25, -0.2) is 0 Å². The smallest absolute Gasteiger partial charge is 0.433 e. The number of ether oxygens (including phenoxy) is 3. The lowest BCUT2D eigenvalue weighted by Crippen LogP contribution is -2.18. The number of benzene rings is 1. The zero-order chi connectivity index (χ0) is 22.6. The number of halogens is 3. The molecule has 1 N–H and O–H groups in total. The Bertz CT molecular complexity index is 1090. The number of amides is 1. The van der Waals surface area contributed by atoms with Crippen LogP contribution in [0.5, 0.6) is 23.0 Å². The summed E-state index contributed by atoms with van der Waals surface area (Å²) in [6.07, 6.45) is -0.0225. The molecule has 0 spiro atoms. The Morgan fingerprint density at radius 1 is 1.10 bits per heavy atom. The number of nitrogens with zero attached hydrogens (tertiary/aromatic N) is 2. The van der Waals surface area contributed by atoms with Gasteiger partial charge in [-0.3, -0.25) is 9.78 Å². The number of carbonyl (C=O) groups excluding carboxylic acids is 1. The lowest BCUT2D eigenvalue weighted by Gasteiger charge is -2.16. The largest absolute Gasteiger partial charge is 0.759 e. The fourth-order valence-corrected chi connectivity index (χ4v) is 2.49.